The van der Waals surface area contributed by atoms with Crippen LogP contribution in [0.2, 0.25) is 0 Å². The molecule has 0 aromatic heterocycles. The Kier molecular flexibility index (Phi) is 160. The molecular weight excluding hydrogens is 357 g/mol. The maximum Gasteiger partial charge on any atom is 2.00 e. The largest absolute Gasteiger partial charge is 2.00 e. The van der Waals surface area contributed by atoms with Gasteiger partial charge in [-0.3, -0.25) is 0 Å². The molecule has 2 nitrogen and oxygen atoms in total. The van der Waals surface area contributed by atoms with Crippen LogP contribution in [0.5, 0.6) is 0 Å². The van der Waals surface area contributed by atoms with Crippen molar-refractivity contribution in [3.05, 3.63) is 0 Å². The molecule has 0 radical (unpaired) electrons. The van der Waals surface area contributed by atoms with Crippen molar-refractivity contribution in [3.63, 3.8) is 0 Å². The van der Waals surface area contributed by atoms with Gasteiger partial charge in [-0.05, 0) is 0 Å². The van der Waals surface area contributed by atoms with Crippen LogP contribution in [0.4, 0.5) is 0 Å². The van der Waals surface area contributed by atoms with Crippen molar-refractivity contribution in [3.8, 4) is 0 Å². The molecule has 0 unspecified atom stereocenters. The summed E-state index contributed by atoms with van der Waals surface area (Å²) in [5.41, 5.74) is 0. The molecule has 0 bridgehead atoms. The van der Waals surface area contributed by atoms with Crippen molar-refractivity contribution in [2.24, 2.45) is 0 Å². The monoisotopic (exact) mass is 356 g/mol. The fourth-order valence-corrected chi connectivity index (χ4v) is 0. The van der Waals surface area contributed by atoms with Gasteiger partial charge in [0.15, 0.2) is 0 Å². The molecule has 5 heavy (non-hydrogen) atoms. The van der Waals surface area contributed by atoms with Gasteiger partial charge in [-0.25, -0.2) is 0 Å². The van der Waals surface area contributed by atoms with Crippen LogP contribution < -0.4 is 138 Å². The van der Waals surface area contributed by atoms with E-state index in [1.165, 1.54) is 0 Å². The maximum atomic E-state index is 0. The van der Waals surface area contributed by atoms with Crippen LogP contribution in [0.3, 0.4) is 0 Å². The summed E-state index contributed by atoms with van der Waals surface area (Å²) in [5.74, 6) is 0. The Balaban J connectivity index is 0. The zero-order chi connectivity index (χ0) is 0. The minimum atomic E-state index is 0. The van der Waals surface area contributed by atoms with E-state index >= 15 is 0 Å². The van der Waals surface area contributed by atoms with Gasteiger partial charge in [-0.1, -0.05) is 0 Å². The van der Waals surface area contributed by atoms with E-state index in [-0.39, 0.29) is 165 Å². The summed E-state index contributed by atoms with van der Waals surface area (Å²) >= 11 is 0. The quantitative estimate of drug-likeness (QED) is 0.388. The summed E-state index contributed by atoms with van der Waals surface area (Å²) in [5, 5.41) is 0. The van der Waals surface area contributed by atoms with Gasteiger partial charge in [0, 0.05) is 0 Å². The fraction of sp³-hybridized carbons (Fsp3) is 0. The fourth-order valence-electron chi connectivity index (χ4n) is 0. The van der Waals surface area contributed by atoms with E-state index in [0.717, 1.165) is 0 Å². The molecule has 0 rings (SSSR count). The second-order valence-electron chi connectivity index (χ2n) is 0. The Morgan fingerprint density at radius 2 is 0.600 bits per heavy atom. The minimum absolute atomic E-state index is 0. The summed E-state index contributed by atoms with van der Waals surface area (Å²) in [7, 11) is 0. The number of rotatable bonds is 0. The molecule has 0 heterocycles. The van der Waals surface area contributed by atoms with Crippen LogP contribution >= 0.6 is 0 Å². The molecule has 0 aliphatic carbocycles. The molecule has 0 spiro atoms. The first kappa shape index (κ1) is 33.8. The van der Waals surface area contributed by atoms with Crippen LogP contribution in [-0.2, 0) is 27.4 Å². The second-order valence-corrected chi connectivity index (χ2v) is 0. The second kappa shape index (κ2) is 23.6. The van der Waals surface area contributed by atoms with E-state index in [9.17, 15) is 0 Å². The third-order valence-electron chi connectivity index (χ3n) is 0. The van der Waals surface area contributed by atoms with Crippen LogP contribution in [0.25, 0.3) is 0 Å². The van der Waals surface area contributed by atoms with Crippen molar-refractivity contribution in [2.75, 3.05) is 0 Å². The van der Waals surface area contributed by atoms with E-state index in [0.29, 0.717) is 0 Å². The molecule has 5 heteroatoms. The van der Waals surface area contributed by atoms with Crippen LogP contribution in [0, 0.1) is 0 Å². The summed E-state index contributed by atoms with van der Waals surface area (Å²) < 4.78 is 0. The van der Waals surface area contributed by atoms with Crippen molar-refractivity contribution < 1.29 is 165 Å². The maximum absolute atomic E-state index is 0. The Morgan fingerprint density at radius 3 is 0.600 bits per heavy atom. The molecule has 0 N–H and O–H groups in total. The number of hydrogen-bond acceptors (Lipinski definition) is 0. The van der Waals surface area contributed by atoms with Crippen LogP contribution in [0.15, 0.2) is 0 Å². The van der Waals surface area contributed by atoms with Crippen molar-refractivity contribution in [1.29, 1.82) is 0 Å². The van der Waals surface area contributed by atoms with Gasteiger partial charge in [0.1, 0.15) is 0 Å². The minimum Gasteiger partial charge on any atom is -2.00 e. The molecule has 0 amide bonds. The predicted molar refractivity (Wildman–Crippen MR) is 1.37 cm³/mol. The topological polar surface area (TPSA) is 57.0 Å². The zero-order valence-electron chi connectivity index (χ0n) is 3.13. The normalized spacial score (nSPS) is 0. The standard InChI is InChI=1S/2Cs.Ni.2O/q2*+1;+2;2*-2. The van der Waals surface area contributed by atoms with E-state index in [4.69, 9.17) is 0 Å². The van der Waals surface area contributed by atoms with Gasteiger partial charge >= 0.3 is 154 Å². The van der Waals surface area contributed by atoms with E-state index in [1.807, 2.05) is 0 Å². The molecule has 0 aliphatic heterocycles. The van der Waals surface area contributed by atoms with Gasteiger partial charge < -0.3 is 11.0 Å². The van der Waals surface area contributed by atoms with Gasteiger partial charge in [0.25, 0.3) is 0 Å². The van der Waals surface area contributed by atoms with E-state index in [1.54, 1.807) is 0 Å². The first-order valence-corrected chi connectivity index (χ1v) is 0. The summed E-state index contributed by atoms with van der Waals surface area (Å²) in [6.45, 7) is 0. The Bertz CT molecular complexity index is 7.61. The third kappa shape index (κ3) is 17.7. The molecule has 0 aromatic rings. The van der Waals surface area contributed by atoms with Crippen molar-refractivity contribution in [2.45, 2.75) is 0 Å². The smallest absolute Gasteiger partial charge is 2.00 e. The molecule has 0 saturated carbocycles. The molecule has 0 aliphatic rings. The first-order chi connectivity index (χ1) is 0. The van der Waals surface area contributed by atoms with Crippen LogP contribution in [-0.4, -0.2) is 0 Å². The average Bonchev–Trinajstić information content (AvgIpc) is 0. The average molecular weight is 357 g/mol. The third-order valence-corrected chi connectivity index (χ3v) is 0. The molecule has 0 aromatic carbocycles. The van der Waals surface area contributed by atoms with E-state index < -0.39 is 0 Å². The van der Waals surface area contributed by atoms with Gasteiger partial charge in [0.05, 0.1) is 0 Å². The SMILES string of the molecule is [Cs+].[Cs+].[Ni+2].[O-2].[O-2]. The van der Waals surface area contributed by atoms with Crippen LogP contribution in [0.1, 0.15) is 0 Å². The summed E-state index contributed by atoms with van der Waals surface area (Å²) in [4.78, 5) is 0. The Hall–Kier alpha value is 4.52. The molecule has 24 valence electrons. The Morgan fingerprint density at radius 1 is 0.600 bits per heavy atom. The Labute approximate surface area is 159 Å². The van der Waals surface area contributed by atoms with Gasteiger partial charge in [-0.2, -0.15) is 0 Å². The summed E-state index contributed by atoms with van der Waals surface area (Å²) in [6, 6.07) is 0. The van der Waals surface area contributed by atoms with Gasteiger partial charge in [0.2, 0.25) is 0 Å². The molecular formula is Cs2NiO2. The van der Waals surface area contributed by atoms with Crippen molar-refractivity contribution >= 4 is 0 Å². The van der Waals surface area contributed by atoms with Crippen molar-refractivity contribution in [1.82, 2.24) is 0 Å². The molecule has 0 saturated heterocycles. The first-order valence-electron chi connectivity index (χ1n) is 0. The predicted octanol–water partition coefficient (Wildman–Crippen LogP) is -6.23. The molecule has 0 atom stereocenters. The number of hydrogen-bond donors (Lipinski definition) is 0. The zero-order valence-corrected chi connectivity index (χ0v) is 16.7. The van der Waals surface area contributed by atoms with E-state index in [2.05, 4.69) is 0 Å². The van der Waals surface area contributed by atoms with Gasteiger partial charge in [-0.15, -0.1) is 0 Å². The molecule has 0 fully saturated rings. The summed E-state index contributed by atoms with van der Waals surface area (Å²) in [6.07, 6.45) is 0.